The van der Waals surface area contributed by atoms with Crippen LogP contribution in [0.5, 0.6) is 0 Å². The van der Waals surface area contributed by atoms with Crippen molar-refractivity contribution < 1.29 is 14.7 Å². The van der Waals surface area contributed by atoms with Crippen LogP contribution in [0.1, 0.15) is 6.42 Å². The van der Waals surface area contributed by atoms with Crippen molar-refractivity contribution in [1.82, 2.24) is 0 Å². The smallest absolute Gasteiger partial charge is 0.307 e. The predicted octanol–water partition coefficient (Wildman–Crippen LogP) is 1.41. The number of benzene rings is 1. The fraction of sp³-hybridized carbons (Fsp3) is 0.385. The van der Waals surface area contributed by atoms with E-state index in [0.717, 1.165) is 5.69 Å². The molecule has 5 nitrogen and oxygen atoms in total. The largest absolute Gasteiger partial charge is 0.481 e. The highest BCUT2D eigenvalue weighted by molar-refractivity contribution is 5.98. The third-order valence-corrected chi connectivity index (χ3v) is 3.10. The maximum Gasteiger partial charge on any atom is 0.307 e. The van der Waals surface area contributed by atoms with Crippen molar-refractivity contribution in [3.63, 3.8) is 0 Å². The number of amides is 1. The van der Waals surface area contributed by atoms with Crippen LogP contribution in [0.4, 0.5) is 11.4 Å². The summed E-state index contributed by atoms with van der Waals surface area (Å²) in [5, 5.41) is 11.5. The molecule has 1 aliphatic carbocycles. The lowest BCUT2D eigenvalue weighted by molar-refractivity contribution is -0.139. The first-order valence-corrected chi connectivity index (χ1v) is 5.80. The second-order valence-corrected chi connectivity index (χ2v) is 4.72. The van der Waals surface area contributed by atoms with Gasteiger partial charge in [0, 0.05) is 25.5 Å². The number of carboxylic acid groups (broad SMARTS) is 1. The van der Waals surface area contributed by atoms with Gasteiger partial charge in [0.1, 0.15) is 0 Å². The molecule has 2 atom stereocenters. The standard InChI is InChI=1S/C13H16N2O3/c1-15(2)9-5-3-8(4-6-9)14-12(16)10-7-11(10)13(17)18/h3-6,10-11H,7H2,1-2H3,(H,14,16)(H,17,18)/t10-,11+/m1/s1. The van der Waals surface area contributed by atoms with E-state index in [9.17, 15) is 9.59 Å². The number of carbonyl (C=O) groups is 2. The molecule has 2 rings (SSSR count). The van der Waals surface area contributed by atoms with Gasteiger partial charge in [-0.15, -0.1) is 0 Å². The molecule has 0 aromatic heterocycles. The maximum absolute atomic E-state index is 11.7. The molecule has 1 aromatic carbocycles. The first-order chi connectivity index (χ1) is 8.49. The molecule has 1 fully saturated rings. The van der Waals surface area contributed by atoms with Crippen LogP contribution in [0.25, 0.3) is 0 Å². The van der Waals surface area contributed by atoms with E-state index in [1.807, 2.05) is 43.3 Å². The summed E-state index contributed by atoms with van der Waals surface area (Å²) < 4.78 is 0. The van der Waals surface area contributed by atoms with Gasteiger partial charge in [-0.05, 0) is 30.7 Å². The monoisotopic (exact) mass is 248 g/mol. The van der Waals surface area contributed by atoms with E-state index in [1.165, 1.54) is 0 Å². The molecule has 1 aliphatic rings. The number of carbonyl (C=O) groups excluding carboxylic acids is 1. The van der Waals surface area contributed by atoms with E-state index in [2.05, 4.69) is 5.32 Å². The molecule has 0 unspecified atom stereocenters. The number of aliphatic carboxylic acids is 1. The summed E-state index contributed by atoms with van der Waals surface area (Å²) in [6.07, 6.45) is 0.441. The SMILES string of the molecule is CN(C)c1ccc(NC(=O)[C@@H]2C[C@@H]2C(=O)O)cc1. The van der Waals surface area contributed by atoms with Crippen molar-refractivity contribution >= 4 is 23.3 Å². The number of carboxylic acids is 1. The van der Waals surface area contributed by atoms with Crippen molar-refractivity contribution in [2.24, 2.45) is 11.8 Å². The summed E-state index contributed by atoms with van der Waals surface area (Å²) in [4.78, 5) is 24.4. The summed E-state index contributed by atoms with van der Waals surface area (Å²) in [7, 11) is 3.88. The average molecular weight is 248 g/mol. The summed E-state index contributed by atoms with van der Waals surface area (Å²) in [6, 6.07) is 7.42. The Bertz CT molecular complexity index is 468. The number of anilines is 2. The highest BCUT2D eigenvalue weighted by Gasteiger charge is 2.48. The first kappa shape index (κ1) is 12.4. The lowest BCUT2D eigenvalue weighted by Gasteiger charge is -2.13. The van der Waals surface area contributed by atoms with E-state index in [0.29, 0.717) is 12.1 Å². The molecule has 0 bridgehead atoms. The number of nitrogens with zero attached hydrogens (tertiary/aromatic N) is 1. The third-order valence-electron chi connectivity index (χ3n) is 3.10. The lowest BCUT2D eigenvalue weighted by atomic mass is 10.2. The van der Waals surface area contributed by atoms with Crippen molar-refractivity contribution in [2.75, 3.05) is 24.3 Å². The summed E-state index contributed by atoms with van der Waals surface area (Å²) in [5.74, 6) is -1.99. The normalized spacial score (nSPS) is 21.2. The van der Waals surface area contributed by atoms with Crippen LogP contribution in [-0.2, 0) is 9.59 Å². The van der Waals surface area contributed by atoms with Gasteiger partial charge in [0.2, 0.25) is 5.91 Å². The van der Waals surface area contributed by atoms with Gasteiger partial charge in [-0.2, -0.15) is 0 Å². The van der Waals surface area contributed by atoms with Crippen LogP contribution >= 0.6 is 0 Å². The Morgan fingerprint density at radius 2 is 1.83 bits per heavy atom. The molecule has 96 valence electrons. The van der Waals surface area contributed by atoms with Crippen LogP contribution in [-0.4, -0.2) is 31.1 Å². The molecule has 1 saturated carbocycles. The first-order valence-electron chi connectivity index (χ1n) is 5.80. The molecule has 2 N–H and O–H groups in total. The van der Waals surface area contributed by atoms with Gasteiger partial charge in [0.15, 0.2) is 0 Å². The average Bonchev–Trinajstić information content (AvgIpc) is 3.09. The zero-order valence-electron chi connectivity index (χ0n) is 10.4. The number of rotatable bonds is 4. The van der Waals surface area contributed by atoms with Crippen LogP contribution in [0, 0.1) is 11.8 Å². The summed E-state index contributed by atoms with van der Waals surface area (Å²) in [6.45, 7) is 0. The summed E-state index contributed by atoms with van der Waals surface area (Å²) >= 11 is 0. The quantitative estimate of drug-likeness (QED) is 0.845. The minimum atomic E-state index is -0.891. The number of nitrogens with one attached hydrogen (secondary N) is 1. The second kappa shape index (κ2) is 4.68. The number of hydrogen-bond donors (Lipinski definition) is 2. The fourth-order valence-electron chi connectivity index (χ4n) is 1.84. The highest BCUT2D eigenvalue weighted by atomic mass is 16.4. The van der Waals surface area contributed by atoms with Crippen LogP contribution in [0.15, 0.2) is 24.3 Å². The second-order valence-electron chi connectivity index (χ2n) is 4.72. The molecule has 18 heavy (non-hydrogen) atoms. The molecular formula is C13H16N2O3. The van der Waals surface area contributed by atoms with E-state index < -0.39 is 11.9 Å². The molecule has 1 aromatic rings. The predicted molar refractivity (Wildman–Crippen MR) is 68.6 cm³/mol. The van der Waals surface area contributed by atoms with Gasteiger partial charge >= 0.3 is 5.97 Å². The van der Waals surface area contributed by atoms with Gasteiger partial charge in [-0.25, -0.2) is 0 Å². The van der Waals surface area contributed by atoms with Crippen molar-refractivity contribution in [2.45, 2.75) is 6.42 Å². The molecular weight excluding hydrogens is 232 g/mol. The zero-order chi connectivity index (χ0) is 13.3. The molecule has 0 radical (unpaired) electrons. The Morgan fingerprint density at radius 1 is 1.22 bits per heavy atom. The maximum atomic E-state index is 11.7. The summed E-state index contributed by atoms with van der Waals surface area (Å²) in [5.41, 5.74) is 1.74. The third kappa shape index (κ3) is 2.61. The molecule has 0 aliphatic heterocycles. The molecule has 0 spiro atoms. The van der Waals surface area contributed by atoms with Crippen molar-refractivity contribution in [3.05, 3.63) is 24.3 Å². The van der Waals surface area contributed by atoms with Gasteiger partial charge in [0.25, 0.3) is 0 Å². The molecule has 1 amide bonds. The topological polar surface area (TPSA) is 69.6 Å². The van der Waals surface area contributed by atoms with E-state index >= 15 is 0 Å². The van der Waals surface area contributed by atoms with Crippen molar-refractivity contribution in [3.8, 4) is 0 Å². The van der Waals surface area contributed by atoms with E-state index in [4.69, 9.17) is 5.11 Å². The zero-order valence-corrected chi connectivity index (χ0v) is 10.4. The Morgan fingerprint density at radius 3 is 2.28 bits per heavy atom. The van der Waals surface area contributed by atoms with Crippen LogP contribution in [0.2, 0.25) is 0 Å². The van der Waals surface area contributed by atoms with Crippen LogP contribution in [0.3, 0.4) is 0 Å². The Kier molecular flexibility index (Phi) is 3.23. The molecule has 0 heterocycles. The highest BCUT2D eigenvalue weighted by Crippen LogP contribution is 2.39. The van der Waals surface area contributed by atoms with Gasteiger partial charge in [-0.3, -0.25) is 9.59 Å². The lowest BCUT2D eigenvalue weighted by Crippen LogP contribution is -2.17. The van der Waals surface area contributed by atoms with Gasteiger partial charge in [0.05, 0.1) is 11.8 Å². The van der Waals surface area contributed by atoms with Gasteiger partial charge in [-0.1, -0.05) is 0 Å². The Hall–Kier alpha value is -2.04. The molecule has 5 heteroatoms. The fourth-order valence-corrected chi connectivity index (χ4v) is 1.84. The Balaban J connectivity index is 1.94. The van der Waals surface area contributed by atoms with E-state index in [1.54, 1.807) is 0 Å². The van der Waals surface area contributed by atoms with Gasteiger partial charge < -0.3 is 15.3 Å². The molecule has 0 saturated heterocycles. The van der Waals surface area contributed by atoms with Crippen LogP contribution < -0.4 is 10.2 Å². The van der Waals surface area contributed by atoms with Crippen molar-refractivity contribution in [1.29, 1.82) is 0 Å². The number of hydrogen-bond acceptors (Lipinski definition) is 3. The minimum Gasteiger partial charge on any atom is -0.481 e. The Labute approximate surface area is 105 Å². The minimum absolute atomic E-state index is 0.208. The van der Waals surface area contributed by atoms with E-state index in [-0.39, 0.29) is 11.8 Å².